The summed E-state index contributed by atoms with van der Waals surface area (Å²) in [5, 5.41) is 5.78. The number of hydrogen-bond donors (Lipinski definition) is 3. The minimum atomic E-state index is -0.273. The molecule has 0 radical (unpaired) electrons. The second-order valence-corrected chi connectivity index (χ2v) is 6.29. The molecule has 1 aromatic rings. The number of ether oxygens (including phenoxy) is 2. The van der Waals surface area contributed by atoms with E-state index in [-0.39, 0.29) is 37.0 Å². The highest BCUT2D eigenvalue weighted by molar-refractivity contribution is 5.78. The van der Waals surface area contributed by atoms with Crippen LogP contribution in [-0.4, -0.2) is 44.2 Å². The van der Waals surface area contributed by atoms with Crippen molar-refractivity contribution in [1.82, 2.24) is 10.6 Å². The summed E-state index contributed by atoms with van der Waals surface area (Å²) in [6.45, 7) is 2.22. The van der Waals surface area contributed by atoms with Crippen LogP contribution in [0.4, 0.5) is 0 Å². The van der Waals surface area contributed by atoms with E-state index in [2.05, 4.69) is 10.6 Å². The van der Waals surface area contributed by atoms with Gasteiger partial charge < -0.3 is 25.8 Å². The van der Waals surface area contributed by atoms with Crippen molar-refractivity contribution >= 4 is 11.8 Å². The van der Waals surface area contributed by atoms with Crippen molar-refractivity contribution in [2.75, 3.05) is 20.3 Å². The molecule has 2 unspecified atom stereocenters. The zero-order valence-electron chi connectivity index (χ0n) is 14.8. The summed E-state index contributed by atoms with van der Waals surface area (Å²) >= 11 is 0. The molecule has 0 aliphatic heterocycles. The first-order chi connectivity index (χ1) is 12.0. The fourth-order valence-electron chi connectivity index (χ4n) is 2.35. The van der Waals surface area contributed by atoms with Crippen molar-refractivity contribution in [3.05, 3.63) is 29.8 Å². The fourth-order valence-corrected chi connectivity index (χ4v) is 2.35. The van der Waals surface area contributed by atoms with Crippen molar-refractivity contribution in [2.45, 2.75) is 44.4 Å². The highest BCUT2D eigenvalue weighted by atomic mass is 16.5. The van der Waals surface area contributed by atoms with Gasteiger partial charge >= 0.3 is 0 Å². The van der Waals surface area contributed by atoms with Crippen LogP contribution < -0.4 is 21.1 Å². The lowest BCUT2D eigenvalue weighted by Crippen LogP contribution is -2.33. The standard InChI is InChI=1S/C18H27N3O4/c1-12(20-17(22)9-16(10-19)24-2)13-3-7-15(8-4-13)25-11-18(23)21-14-5-6-14/h3-4,7-8,12,14,16H,5-6,9-11,19H2,1-2H3,(H,20,22)(H,21,23). The highest BCUT2D eigenvalue weighted by Crippen LogP contribution is 2.19. The van der Waals surface area contributed by atoms with Crippen LogP contribution in [0.3, 0.4) is 0 Å². The number of carbonyl (C=O) groups is 2. The van der Waals surface area contributed by atoms with Crippen LogP contribution in [0.2, 0.25) is 0 Å². The zero-order valence-corrected chi connectivity index (χ0v) is 14.8. The third-order valence-electron chi connectivity index (χ3n) is 4.08. The van der Waals surface area contributed by atoms with Crippen LogP contribution in [0.15, 0.2) is 24.3 Å². The zero-order chi connectivity index (χ0) is 18.2. The average molecular weight is 349 g/mol. The molecule has 2 rings (SSSR count). The van der Waals surface area contributed by atoms with Crippen LogP contribution in [-0.2, 0) is 14.3 Å². The van der Waals surface area contributed by atoms with Gasteiger partial charge in [-0.25, -0.2) is 0 Å². The summed E-state index contributed by atoms with van der Waals surface area (Å²) in [4.78, 5) is 23.6. The molecule has 1 fully saturated rings. The summed E-state index contributed by atoms with van der Waals surface area (Å²) in [6.07, 6.45) is 2.07. The highest BCUT2D eigenvalue weighted by Gasteiger charge is 2.23. The number of benzene rings is 1. The van der Waals surface area contributed by atoms with Crippen molar-refractivity contribution in [2.24, 2.45) is 5.73 Å². The van der Waals surface area contributed by atoms with Gasteiger partial charge in [-0.1, -0.05) is 12.1 Å². The van der Waals surface area contributed by atoms with Gasteiger partial charge in [0.25, 0.3) is 5.91 Å². The predicted molar refractivity (Wildman–Crippen MR) is 94.1 cm³/mol. The fraction of sp³-hybridized carbons (Fsp3) is 0.556. The lowest BCUT2D eigenvalue weighted by atomic mass is 10.1. The number of hydrogen-bond acceptors (Lipinski definition) is 5. The van der Waals surface area contributed by atoms with Crippen molar-refractivity contribution in [1.29, 1.82) is 0 Å². The normalized spacial score (nSPS) is 16.0. The molecule has 7 nitrogen and oxygen atoms in total. The molecule has 0 bridgehead atoms. The molecule has 2 amide bonds. The quantitative estimate of drug-likeness (QED) is 0.582. The maximum Gasteiger partial charge on any atom is 0.258 e. The van der Waals surface area contributed by atoms with Gasteiger partial charge in [-0.15, -0.1) is 0 Å². The van der Waals surface area contributed by atoms with Crippen LogP contribution >= 0.6 is 0 Å². The van der Waals surface area contributed by atoms with Crippen molar-refractivity contribution < 1.29 is 19.1 Å². The Morgan fingerprint density at radius 3 is 2.48 bits per heavy atom. The topological polar surface area (TPSA) is 103 Å². The molecule has 0 spiro atoms. The van der Waals surface area contributed by atoms with E-state index >= 15 is 0 Å². The Morgan fingerprint density at radius 1 is 1.24 bits per heavy atom. The lowest BCUT2D eigenvalue weighted by Gasteiger charge is -2.17. The maximum absolute atomic E-state index is 12.0. The predicted octanol–water partition coefficient (Wildman–Crippen LogP) is 0.885. The number of methoxy groups -OCH3 is 1. The molecule has 1 aliphatic rings. The number of carbonyl (C=O) groups excluding carboxylic acids is 2. The largest absolute Gasteiger partial charge is 0.484 e. The van der Waals surface area contributed by atoms with Gasteiger partial charge in [0.1, 0.15) is 5.75 Å². The monoisotopic (exact) mass is 349 g/mol. The molecule has 0 heterocycles. The minimum absolute atomic E-state index is 0.0135. The van der Waals surface area contributed by atoms with Gasteiger partial charge in [-0.2, -0.15) is 0 Å². The Bertz CT molecular complexity index is 568. The Hall–Kier alpha value is -2.12. The van der Waals surface area contributed by atoms with Crippen LogP contribution in [0, 0.1) is 0 Å². The molecule has 1 aliphatic carbocycles. The average Bonchev–Trinajstić information content (AvgIpc) is 3.42. The lowest BCUT2D eigenvalue weighted by molar-refractivity contribution is -0.124. The van der Waals surface area contributed by atoms with E-state index in [1.165, 1.54) is 7.11 Å². The smallest absolute Gasteiger partial charge is 0.258 e. The van der Waals surface area contributed by atoms with Gasteiger partial charge in [0, 0.05) is 19.7 Å². The maximum atomic E-state index is 12.0. The van der Waals surface area contributed by atoms with E-state index in [1.54, 1.807) is 12.1 Å². The molecule has 138 valence electrons. The number of nitrogens with one attached hydrogen (secondary N) is 2. The SMILES string of the molecule is COC(CN)CC(=O)NC(C)c1ccc(OCC(=O)NC2CC2)cc1. The summed E-state index contributed by atoms with van der Waals surface area (Å²) in [5.41, 5.74) is 6.47. The van der Waals surface area contributed by atoms with E-state index in [1.807, 2.05) is 19.1 Å². The van der Waals surface area contributed by atoms with E-state index in [4.69, 9.17) is 15.2 Å². The first-order valence-electron chi connectivity index (χ1n) is 8.56. The van der Waals surface area contributed by atoms with Gasteiger partial charge in [0.15, 0.2) is 6.61 Å². The molecule has 1 saturated carbocycles. The van der Waals surface area contributed by atoms with Crippen LogP contribution in [0.25, 0.3) is 0 Å². The van der Waals surface area contributed by atoms with E-state index in [0.29, 0.717) is 18.3 Å². The number of rotatable bonds is 10. The summed E-state index contributed by atoms with van der Waals surface area (Å²) in [5.74, 6) is 0.414. The molecule has 0 saturated heterocycles. The molecule has 0 aromatic heterocycles. The molecular weight excluding hydrogens is 322 g/mol. The second kappa shape index (κ2) is 9.39. The summed E-state index contributed by atoms with van der Waals surface area (Å²) in [7, 11) is 1.54. The summed E-state index contributed by atoms with van der Waals surface area (Å²) in [6, 6.07) is 7.52. The third-order valence-corrected chi connectivity index (χ3v) is 4.08. The molecule has 4 N–H and O–H groups in total. The number of amides is 2. The van der Waals surface area contributed by atoms with Gasteiger partial charge in [-0.05, 0) is 37.5 Å². The van der Waals surface area contributed by atoms with Gasteiger partial charge in [0.2, 0.25) is 5.91 Å². The third kappa shape index (κ3) is 6.72. The molecule has 1 aromatic carbocycles. The van der Waals surface area contributed by atoms with Crippen LogP contribution in [0.5, 0.6) is 5.75 Å². The molecular formula is C18H27N3O4. The Morgan fingerprint density at radius 2 is 1.92 bits per heavy atom. The first-order valence-corrected chi connectivity index (χ1v) is 8.56. The molecule has 2 atom stereocenters. The van der Waals surface area contributed by atoms with E-state index in [9.17, 15) is 9.59 Å². The molecule has 25 heavy (non-hydrogen) atoms. The van der Waals surface area contributed by atoms with Crippen molar-refractivity contribution in [3.63, 3.8) is 0 Å². The van der Waals surface area contributed by atoms with Crippen LogP contribution in [0.1, 0.15) is 37.8 Å². The Balaban J connectivity index is 1.77. The minimum Gasteiger partial charge on any atom is -0.484 e. The second-order valence-electron chi connectivity index (χ2n) is 6.29. The van der Waals surface area contributed by atoms with E-state index in [0.717, 1.165) is 18.4 Å². The first kappa shape index (κ1) is 19.2. The number of nitrogens with two attached hydrogens (primary N) is 1. The van der Waals surface area contributed by atoms with Gasteiger partial charge in [0.05, 0.1) is 18.6 Å². The van der Waals surface area contributed by atoms with Crippen molar-refractivity contribution in [3.8, 4) is 5.75 Å². The van der Waals surface area contributed by atoms with Gasteiger partial charge in [-0.3, -0.25) is 9.59 Å². The molecule has 7 heteroatoms. The van der Waals surface area contributed by atoms with E-state index < -0.39 is 0 Å². The summed E-state index contributed by atoms with van der Waals surface area (Å²) < 4.78 is 10.6. The Labute approximate surface area is 148 Å². The Kier molecular flexibility index (Phi) is 7.21.